The third-order valence-corrected chi connectivity index (χ3v) is 3.74. The van der Waals surface area contributed by atoms with Gasteiger partial charge in [0.05, 0.1) is 11.8 Å². The Morgan fingerprint density at radius 1 is 1.17 bits per heavy atom. The molecule has 1 saturated heterocycles. The Bertz CT molecular complexity index is 660. The fraction of sp³-hybridized carbons (Fsp3) is 0.357. The van der Waals surface area contributed by atoms with Gasteiger partial charge in [-0.3, -0.25) is 14.4 Å². The number of carboxylic acid groups (broad SMARTS) is 1. The topological polar surface area (TPSA) is 101 Å². The second-order valence-corrected chi connectivity index (χ2v) is 5.25. The van der Waals surface area contributed by atoms with E-state index in [-0.39, 0.29) is 11.1 Å². The number of primary amides is 1. The van der Waals surface area contributed by atoms with E-state index in [0.717, 1.165) is 4.90 Å². The number of aliphatic carboxylic acids is 1. The Labute approximate surface area is 128 Å². The van der Waals surface area contributed by atoms with Crippen LogP contribution >= 0.6 is 0 Å². The molecule has 6 nitrogen and oxygen atoms in total. The first-order chi connectivity index (χ1) is 10.6. The summed E-state index contributed by atoms with van der Waals surface area (Å²) in [6.07, 6.45) is -4.72. The summed E-state index contributed by atoms with van der Waals surface area (Å²) in [4.78, 5) is 35.2. The van der Waals surface area contributed by atoms with Gasteiger partial charge in [0.25, 0.3) is 5.91 Å². The molecule has 1 aromatic carbocycles. The van der Waals surface area contributed by atoms with Gasteiger partial charge in [0.1, 0.15) is 0 Å². The molecule has 1 aliphatic rings. The van der Waals surface area contributed by atoms with E-state index in [4.69, 9.17) is 10.8 Å². The molecule has 0 radical (unpaired) electrons. The number of halogens is 3. The van der Waals surface area contributed by atoms with Crippen molar-refractivity contribution in [1.29, 1.82) is 0 Å². The number of hydrogen-bond acceptors (Lipinski definition) is 3. The SMILES string of the molecule is NC(=O)c1cccc(C(=O)N2C[C@@H](C(F)(F)F)[C@H](C(=O)O)C2)c1. The lowest BCUT2D eigenvalue weighted by Gasteiger charge is -2.18. The molecule has 0 spiro atoms. The van der Waals surface area contributed by atoms with Gasteiger partial charge in [0.15, 0.2) is 0 Å². The van der Waals surface area contributed by atoms with E-state index in [1.54, 1.807) is 0 Å². The van der Waals surface area contributed by atoms with Crippen LogP contribution in [0, 0.1) is 11.8 Å². The van der Waals surface area contributed by atoms with Gasteiger partial charge in [0.2, 0.25) is 5.91 Å². The van der Waals surface area contributed by atoms with Crippen LogP contribution < -0.4 is 5.73 Å². The summed E-state index contributed by atoms with van der Waals surface area (Å²) in [5.74, 6) is -6.99. The molecule has 0 aromatic heterocycles. The third kappa shape index (κ3) is 3.43. The van der Waals surface area contributed by atoms with Gasteiger partial charge in [-0.25, -0.2) is 0 Å². The summed E-state index contributed by atoms with van der Waals surface area (Å²) in [5.41, 5.74) is 5.11. The summed E-state index contributed by atoms with van der Waals surface area (Å²) in [7, 11) is 0. The minimum absolute atomic E-state index is 0.0201. The summed E-state index contributed by atoms with van der Waals surface area (Å²) in [6.45, 7) is -1.28. The molecule has 2 atom stereocenters. The quantitative estimate of drug-likeness (QED) is 0.867. The molecule has 2 amide bonds. The molecule has 9 heteroatoms. The van der Waals surface area contributed by atoms with E-state index in [1.807, 2.05) is 0 Å². The van der Waals surface area contributed by atoms with E-state index in [0.29, 0.717) is 0 Å². The van der Waals surface area contributed by atoms with E-state index < -0.39 is 48.9 Å². The van der Waals surface area contributed by atoms with E-state index in [2.05, 4.69) is 0 Å². The van der Waals surface area contributed by atoms with Gasteiger partial charge in [-0.2, -0.15) is 13.2 Å². The number of carbonyl (C=O) groups is 3. The minimum atomic E-state index is -4.72. The Morgan fingerprint density at radius 3 is 2.26 bits per heavy atom. The van der Waals surface area contributed by atoms with Crippen LogP contribution in [0.25, 0.3) is 0 Å². The van der Waals surface area contributed by atoms with Crippen molar-refractivity contribution in [3.05, 3.63) is 35.4 Å². The number of benzene rings is 1. The number of alkyl halides is 3. The van der Waals surface area contributed by atoms with Crippen molar-refractivity contribution in [2.45, 2.75) is 6.18 Å². The maximum Gasteiger partial charge on any atom is 0.394 e. The molecule has 0 aliphatic carbocycles. The van der Waals surface area contributed by atoms with Crippen molar-refractivity contribution in [3.63, 3.8) is 0 Å². The normalized spacial score (nSPS) is 21.3. The minimum Gasteiger partial charge on any atom is -0.481 e. The lowest BCUT2D eigenvalue weighted by Crippen LogP contribution is -2.34. The van der Waals surface area contributed by atoms with E-state index in [9.17, 15) is 27.6 Å². The molecule has 1 aliphatic heterocycles. The van der Waals surface area contributed by atoms with Gasteiger partial charge in [0, 0.05) is 24.2 Å². The summed E-state index contributed by atoms with van der Waals surface area (Å²) in [6, 6.07) is 5.23. The van der Waals surface area contributed by atoms with Crippen LogP contribution in [-0.2, 0) is 4.79 Å². The van der Waals surface area contributed by atoms with Crippen LogP contribution in [0.4, 0.5) is 13.2 Å². The first-order valence-electron chi connectivity index (χ1n) is 6.60. The second kappa shape index (κ2) is 5.90. The third-order valence-electron chi connectivity index (χ3n) is 3.74. The highest BCUT2D eigenvalue weighted by Gasteiger charge is 2.53. The van der Waals surface area contributed by atoms with Crippen molar-refractivity contribution < 1.29 is 32.7 Å². The lowest BCUT2D eigenvalue weighted by atomic mass is 9.96. The first-order valence-corrected chi connectivity index (χ1v) is 6.60. The number of carbonyl (C=O) groups excluding carboxylic acids is 2. The zero-order valence-electron chi connectivity index (χ0n) is 11.7. The highest BCUT2D eigenvalue weighted by atomic mass is 19.4. The molecule has 1 fully saturated rings. The number of likely N-dealkylation sites (tertiary alicyclic amines) is 1. The molecule has 2 rings (SSSR count). The molecular formula is C14H13F3N2O4. The van der Waals surface area contributed by atoms with Crippen LogP contribution in [0.1, 0.15) is 20.7 Å². The van der Waals surface area contributed by atoms with Crippen molar-refractivity contribution in [3.8, 4) is 0 Å². The average Bonchev–Trinajstić information content (AvgIpc) is 2.92. The Hall–Kier alpha value is -2.58. The largest absolute Gasteiger partial charge is 0.481 e. The van der Waals surface area contributed by atoms with Crippen LogP contribution in [0.2, 0.25) is 0 Å². The Balaban J connectivity index is 2.25. The zero-order chi connectivity index (χ0) is 17.4. The number of rotatable bonds is 3. The molecule has 124 valence electrons. The van der Waals surface area contributed by atoms with Gasteiger partial charge < -0.3 is 15.7 Å². The van der Waals surface area contributed by atoms with Crippen LogP contribution in [0.3, 0.4) is 0 Å². The van der Waals surface area contributed by atoms with E-state index >= 15 is 0 Å². The summed E-state index contributed by atoms with van der Waals surface area (Å²) < 4.78 is 38.8. The van der Waals surface area contributed by atoms with Crippen molar-refractivity contribution in [2.75, 3.05) is 13.1 Å². The maximum absolute atomic E-state index is 12.9. The fourth-order valence-electron chi connectivity index (χ4n) is 2.54. The van der Waals surface area contributed by atoms with Crippen molar-refractivity contribution in [2.24, 2.45) is 17.6 Å². The van der Waals surface area contributed by atoms with Gasteiger partial charge >= 0.3 is 12.1 Å². The number of hydrogen-bond donors (Lipinski definition) is 2. The summed E-state index contributed by atoms with van der Waals surface area (Å²) >= 11 is 0. The number of amides is 2. The number of carboxylic acids is 1. The van der Waals surface area contributed by atoms with Crippen molar-refractivity contribution >= 4 is 17.8 Å². The van der Waals surface area contributed by atoms with Crippen LogP contribution in [0.15, 0.2) is 24.3 Å². The molecule has 1 aromatic rings. The molecule has 1 heterocycles. The predicted molar refractivity (Wildman–Crippen MR) is 71.5 cm³/mol. The molecule has 0 unspecified atom stereocenters. The smallest absolute Gasteiger partial charge is 0.394 e. The molecule has 0 bridgehead atoms. The van der Waals surface area contributed by atoms with Crippen molar-refractivity contribution in [1.82, 2.24) is 4.90 Å². The molecular weight excluding hydrogens is 317 g/mol. The first kappa shape index (κ1) is 16.8. The van der Waals surface area contributed by atoms with Crippen LogP contribution in [-0.4, -0.2) is 47.1 Å². The standard InChI is InChI=1S/C14H13F3N2O4/c15-14(16,17)10-6-19(5-9(10)13(22)23)12(21)8-3-1-2-7(4-8)11(18)20/h1-4,9-10H,5-6H2,(H2,18,20)(H,22,23)/t9-,10-/m1/s1. The lowest BCUT2D eigenvalue weighted by molar-refractivity contribution is -0.187. The van der Waals surface area contributed by atoms with Gasteiger partial charge in [-0.15, -0.1) is 0 Å². The zero-order valence-corrected chi connectivity index (χ0v) is 11.7. The highest BCUT2D eigenvalue weighted by molar-refractivity contribution is 5.99. The van der Waals surface area contributed by atoms with E-state index in [1.165, 1.54) is 24.3 Å². The fourth-order valence-corrected chi connectivity index (χ4v) is 2.54. The van der Waals surface area contributed by atoms with Gasteiger partial charge in [-0.05, 0) is 18.2 Å². The molecule has 23 heavy (non-hydrogen) atoms. The monoisotopic (exact) mass is 330 g/mol. The molecule has 3 N–H and O–H groups in total. The highest BCUT2D eigenvalue weighted by Crippen LogP contribution is 2.38. The average molecular weight is 330 g/mol. The molecule has 0 saturated carbocycles. The summed E-state index contributed by atoms with van der Waals surface area (Å²) in [5, 5.41) is 8.93. The second-order valence-electron chi connectivity index (χ2n) is 5.25. The predicted octanol–water partition coefficient (Wildman–Crippen LogP) is 1.12. The maximum atomic E-state index is 12.9. The number of nitrogens with two attached hydrogens (primary N) is 1. The van der Waals surface area contributed by atoms with Gasteiger partial charge in [-0.1, -0.05) is 6.07 Å². The Kier molecular flexibility index (Phi) is 4.31. The number of nitrogens with zero attached hydrogens (tertiary/aromatic N) is 1. The Morgan fingerprint density at radius 2 is 1.78 bits per heavy atom. The van der Waals surface area contributed by atoms with Crippen LogP contribution in [0.5, 0.6) is 0 Å².